The van der Waals surface area contributed by atoms with Gasteiger partial charge in [-0.3, -0.25) is 4.21 Å². The second-order valence-corrected chi connectivity index (χ2v) is 9.21. The van der Waals surface area contributed by atoms with Crippen LogP contribution in [0.25, 0.3) is 43.4 Å². The van der Waals surface area contributed by atoms with Crippen molar-refractivity contribution in [1.29, 1.82) is 0 Å². The summed E-state index contributed by atoms with van der Waals surface area (Å²) in [6, 6.07) is 29.6. The van der Waals surface area contributed by atoms with Crippen LogP contribution in [0, 0.1) is 0 Å². The van der Waals surface area contributed by atoms with Crippen LogP contribution in [0.5, 0.6) is 0 Å². The Hall–Kier alpha value is -2.49. The smallest absolute Gasteiger partial charge is 0.0504 e. The average molecular weight is 445 g/mol. The predicted molar refractivity (Wildman–Crippen MR) is 124 cm³/mol. The summed E-state index contributed by atoms with van der Waals surface area (Å²) < 4.78 is 13.3. The van der Waals surface area contributed by atoms with Crippen LogP contribution < -0.4 is 0 Å². The molecule has 5 aromatic carbocycles. The lowest BCUT2D eigenvalue weighted by Gasteiger charge is -2.13. The zero-order chi connectivity index (χ0) is 19.3. The lowest BCUT2D eigenvalue weighted by Crippen LogP contribution is -1.92. The van der Waals surface area contributed by atoms with Gasteiger partial charge in [0.25, 0.3) is 0 Å². The normalized spacial score (nSPS) is 12.6. The van der Waals surface area contributed by atoms with Crippen LogP contribution in [0.15, 0.2) is 94.3 Å². The minimum absolute atomic E-state index is 0.871. The highest BCUT2D eigenvalue weighted by molar-refractivity contribution is 9.10. The van der Waals surface area contributed by atoms with E-state index >= 15 is 0 Å². The molecule has 0 heterocycles. The third-order valence-electron chi connectivity index (χ3n) is 5.31. The number of hydrogen-bond acceptors (Lipinski definition) is 1. The van der Waals surface area contributed by atoms with Crippen molar-refractivity contribution in [2.24, 2.45) is 0 Å². The van der Waals surface area contributed by atoms with E-state index in [1.54, 1.807) is 6.26 Å². The van der Waals surface area contributed by atoms with Gasteiger partial charge in [-0.1, -0.05) is 76.6 Å². The molecule has 0 spiro atoms. The van der Waals surface area contributed by atoms with Crippen LogP contribution in [0.4, 0.5) is 0 Å². The second kappa shape index (κ2) is 6.84. The Morgan fingerprint density at radius 2 is 1.21 bits per heavy atom. The molecule has 1 atom stereocenters. The molecular formula is C25H17BrOS. The van der Waals surface area contributed by atoms with E-state index in [-0.39, 0.29) is 0 Å². The maximum Gasteiger partial charge on any atom is 0.0504 e. The van der Waals surface area contributed by atoms with Crippen molar-refractivity contribution in [3.8, 4) is 11.1 Å². The first kappa shape index (κ1) is 17.6. The topological polar surface area (TPSA) is 17.1 Å². The predicted octanol–water partition coefficient (Wildman–Crippen LogP) is 7.31. The van der Waals surface area contributed by atoms with Gasteiger partial charge in [0.15, 0.2) is 0 Å². The largest absolute Gasteiger partial charge is 0.255 e. The molecule has 0 aromatic heterocycles. The van der Waals surface area contributed by atoms with E-state index in [4.69, 9.17) is 0 Å². The molecule has 3 heteroatoms. The Balaban J connectivity index is 1.92. The zero-order valence-corrected chi connectivity index (χ0v) is 17.7. The molecule has 0 saturated carbocycles. The third kappa shape index (κ3) is 2.78. The van der Waals surface area contributed by atoms with Gasteiger partial charge in [-0.15, -0.1) is 0 Å². The van der Waals surface area contributed by atoms with Crippen molar-refractivity contribution in [1.82, 2.24) is 0 Å². The Bertz CT molecular complexity index is 1380. The van der Waals surface area contributed by atoms with E-state index < -0.39 is 10.8 Å². The van der Waals surface area contributed by atoms with E-state index in [2.05, 4.69) is 82.7 Å². The van der Waals surface area contributed by atoms with E-state index in [0.717, 1.165) is 20.5 Å². The van der Waals surface area contributed by atoms with E-state index in [1.165, 1.54) is 32.3 Å². The first-order valence-electron chi connectivity index (χ1n) is 9.10. The Morgan fingerprint density at radius 1 is 0.643 bits per heavy atom. The molecule has 0 aliphatic rings. The summed E-state index contributed by atoms with van der Waals surface area (Å²) in [4.78, 5) is 0.871. The highest BCUT2D eigenvalue weighted by Gasteiger charge is 2.12. The quantitative estimate of drug-likeness (QED) is 0.260. The molecule has 136 valence electrons. The molecule has 1 unspecified atom stereocenters. The summed E-state index contributed by atoms with van der Waals surface area (Å²) in [7, 11) is -1.03. The van der Waals surface area contributed by atoms with Gasteiger partial charge in [-0.2, -0.15) is 0 Å². The molecule has 5 rings (SSSR count). The molecular weight excluding hydrogens is 428 g/mol. The van der Waals surface area contributed by atoms with Gasteiger partial charge in [0.05, 0.1) is 10.8 Å². The van der Waals surface area contributed by atoms with Gasteiger partial charge in [-0.25, -0.2) is 0 Å². The first-order valence-corrected chi connectivity index (χ1v) is 11.4. The second-order valence-electron chi connectivity index (χ2n) is 6.95. The van der Waals surface area contributed by atoms with Crippen molar-refractivity contribution in [3.05, 3.63) is 89.4 Å². The van der Waals surface area contributed by atoms with Crippen LogP contribution in [0.1, 0.15) is 0 Å². The maximum atomic E-state index is 12.2. The molecule has 1 nitrogen and oxygen atoms in total. The molecule has 0 N–H and O–H groups in total. The minimum atomic E-state index is -1.03. The fourth-order valence-electron chi connectivity index (χ4n) is 4.05. The van der Waals surface area contributed by atoms with Crippen LogP contribution in [0.3, 0.4) is 0 Å². The molecule has 0 fully saturated rings. The molecule has 28 heavy (non-hydrogen) atoms. The summed E-state index contributed by atoms with van der Waals surface area (Å²) in [5.41, 5.74) is 2.13. The van der Waals surface area contributed by atoms with Crippen LogP contribution >= 0.6 is 15.9 Å². The Morgan fingerprint density at radius 3 is 1.93 bits per heavy atom. The lowest BCUT2D eigenvalue weighted by molar-refractivity contribution is 0.687. The van der Waals surface area contributed by atoms with Crippen LogP contribution in [-0.2, 0) is 10.8 Å². The molecule has 0 aliphatic heterocycles. The van der Waals surface area contributed by atoms with Gasteiger partial charge in [0, 0.05) is 15.6 Å². The standard InChI is InChI=1S/C25H17BrOS/c1-28(27)25-9-5-4-6-18(25)16-10-12-21-22-13-11-17(26)15-24(22)20-8-3-2-7-19(20)23(21)14-16/h2-15H,1H3. The summed E-state index contributed by atoms with van der Waals surface area (Å²) in [6.45, 7) is 0. The van der Waals surface area contributed by atoms with Crippen LogP contribution in [0.2, 0.25) is 0 Å². The summed E-state index contributed by atoms with van der Waals surface area (Å²) in [6.07, 6.45) is 1.74. The van der Waals surface area contributed by atoms with Gasteiger partial charge in [-0.05, 0) is 67.7 Å². The Kier molecular flexibility index (Phi) is 4.30. The van der Waals surface area contributed by atoms with Gasteiger partial charge in [0.2, 0.25) is 0 Å². The Labute approximate surface area is 174 Å². The van der Waals surface area contributed by atoms with E-state index in [9.17, 15) is 4.21 Å². The maximum absolute atomic E-state index is 12.2. The molecule has 0 bridgehead atoms. The monoisotopic (exact) mass is 444 g/mol. The van der Waals surface area contributed by atoms with E-state index in [1.807, 2.05) is 18.2 Å². The third-order valence-corrected chi connectivity index (χ3v) is 6.78. The molecule has 0 amide bonds. The number of hydrogen-bond donors (Lipinski definition) is 0. The zero-order valence-electron chi connectivity index (χ0n) is 15.3. The minimum Gasteiger partial charge on any atom is -0.255 e. The molecule has 0 saturated heterocycles. The number of halogens is 1. The van der Waals surface area contributed by atoms with Crippen molar-refractivity contribution in [3.63, 3.8) is 0 Å². The fraction of sp³-hybridized carbons (Fsp3) is 0.0400. The van der Waals surface area contributed by atoms with Gasteiger partial charge < -0.3 is 0 Å². The summed E-state index contributed by atoms with van der Waals surface area (Å²) in [5.74, 6) is 0. The van der Waals surface area contributed by atoms with Gasteiger partial charge >= 0.3 is 0 Å². The fourth-order valence-corrected chi connectivity index (χ4v) is 5.18. The lowest BCUT2D eigenvalue weighted by atomic mass is 9.92. The molecule has 0 radical (unpaired) electrons. The number of fused-ring (bicyclic) bond motifs is 6. The summed E-state index contributed by atoms with van der Waals surface area (Å²) >= 11 is 3.62. The van der Waals surface area contributed by atoms with Gasteiger partial charge in [0.1, 0.15) is 0 Å². The molecule has 5 aromatic rings. The van der Waals surface area contributed by atoms with Crippen molar-refractivity contribution in [2.75, 3.05) is 6.26 Å². The summed E-state index contributed by atoms with van der Waals surface area (Å²) in [5, 5.41) is 7.44. The highest BCUT2D eigenvalue weighted by atomic mass is 79.9. The first-order chi connectivity index (χ1) is 13.6. The highest BCUT2D eigenvalue weighted by Crippen LogP contribution is 2.38. The number of benzene rings is 5. The van der Waals surface area contributed by atoms with E-state index in [0.29, 0.717) is 0 Å². The number of rotatable bonds is 2. The van der Waals surface area contributed by atoms with Crippen molar-refractivity contribution in [2.45, 2.75) is 4.90 Å². The average Bonchev–Trinajstić information content (AvgIpc) is 2.73. The SMILES string of the molecule is CS(=O)c1ccccc1-c1ccc2c3ccc(Br)cc3c3ccccc3c2c1. The van der Waals surface area contributed by atoms with Crippen molar-refractivity contribution >= 4 is 59.0 Å². The van der Waals surface area contributed by atoms with Crippen LogP contribution in [-0.4, -0.2) is 10.5 Å². The molecule has 0 aliphatic carbocycles. The van der Waals surface area contributed by atoms with Crippen molar-refractivity contribution < 1.29 is 4.21 Å².